The highest BCUT2D eigenvalue weighted by molar-refractivity contribution is 6.00. The zero-order valence-electron chi connectivity index (χ0n) is 47.2. The zero-order valence-corrected chi connectivity index (χ0v) is 47.2. The maximum absolute atomic E-state index is 12.7. The number of nitrogens with two attached hydrogens (primary N) is 1. The lowest BCUT2D eigenvalue weighted by Gasteiger charge is -2.18. The number of fused-ring (bicyclic) bond motifs is 3. The van der Waals surface area contributed by atoms with Crippen molar-refractivity contribution in [1.29, 1.82) is 0 Å². The van der Waals surface area contributed by atoms with Crippen molar-refractivity contribution >= 4 is 75.5 Å². The van der Waals surface area contributed by atoms with E-state index in [1.807, 2.05) is 97.1 Å². The number of alkyl halides is 6. The van der Waals surface area contributed by atoms with Crippen molar-refractivity contribution in [2.75, 3.05) is 0 Å². The molecule has 3 aromatic heterocycles. The summed E-state index contributed by atoms with van der Waals surface area (Å²) in [4.78, 5) is 35.0. The number of phenolic OH excluding ortho intramolecular Hbond substituents is 1. The molecule has 12 rings (SSSR count). The Bertz CT molecular complexity index is 4490. The highest BCUT2D eigenvalue weighted by Crippen LogP contribution is 2.34. The summed E-state index contributed by atoms with van der Waals surface area (Å²) in [5.74, 6) is 1.67. The number of hydrogen-bond donors (Lipinski definition) is 6. The van der Waals surface area contributed by atoms with Crippen molar-refractivity contribution in [3.63, 3.8) is 0 Å². The fourth-order valence-corrected chi connectivity index (χ4v) is 9.62. The minimum Gasteiger partial charge on any atom is -0.507 e. The van der Waals surface area contributed by atoms with Crippen molar-refractivity contribution in [2.24, 2.45) is 5.73 Å². The monoisotopic (exact) mass is 1170 g/mol. The van der Waals surface area contributed by atoms with E-state index in [1.54, 1.807) is 48.6 Å². The average Bonchev–Trinajstić information content (AvgIpc) is 2.83. The second kappa shape index (κ2) is 25.3. The number of benzene rings is 9. The number of para-hydroxylation sites is 1. The summed E-state index contributed by atoms with van der Waals surface area (Å²) < 4.78 is 75.8. The van der Waals surface area contributed by atoms with Gasteiger partial charge in [-0.2, -0.15) is 26.3 Å². The number of halogens is 6. The van der Waals surface area contributed by atoms with Crippen LogP contribution < -0.4 is 5.73 Å². The second-order valence-corrected chi connectivity index (χ2v) is 21.4. The number of imidazole rings is 3. The van der Waals surface area contributed by atoms with Gasteiger partial charge in [0.15, 0.2) is 0 Å². The quantitative estimate of drug-likeness (QED) is 0.0705. The van der Waals surface area contributed by atoms with E-state index < -0.39 is 29.4 Å². The lowest BCUT2D eigenvalue weighted by Crippen LogP contribution is -2.12. The van der Waals surface area contributed by atoms with Crippen LogP contribution in [0.4, 0.5) is 26.3 Å². The molecule has 0 aliphatic carbocycles. The van der Waals surface area contributed by atoms with Gasteiger partial charge in [-0.1, -0.05) is 166 Å². The third-order valence-corrected chi connectivity index (χ3v) is 14.3. The number of carbonyl (C=O) groups excluding carboxylic acids is 1. The fourth-order valence-electron chi connectivity index (χ4n) is 9.62. The second-order valence-electron chi connectivity index (χ2n) is 21.4. The molecule has 0 saturated carbocycles. The van der Waals surface area contributed by atoms with Crippen LogP contribution in [-0.4, -0.2) is 46.0 Å². The minimum absolute atomic E-state index is 0.0270. The van der Waals surface area contributed by atoms with Gasteiger partial charge in [0, 0.05) is 11.1 Å². The highest BCUT2D eigenvalue weighted by atomic mass is 19.4. The maximum atomic E-state index is 12.7. The molecule has 0 aliphatic rings. The molecule has 10 nitrogen and oxygen atoms in total. The van der Waals surface area contributed by atoms with Crippen LogP contribution in [0.25, 0.3) is 103 Å². The smallest absolute Gasteiger partial charge is 0.416 e. The topological polar surface area (TPSA) is 170 Å². The summed E-state index contributed by atoms with van der Waals surface area (Å²) in [5, 5.41) is 19.6. The molecule has 0 radical (unpaired) electrons. The number of nitrogens with one attached hydrogen (secondary N) is 3. The van der Waals surface area contributed by atoms with Crippen LogP contribution in [0.3, 0.4) is 0 Å². The first-order chi connectivity index (χ1) is 41.6. The molecule has 0 bridgehead atoms. The highest BCUT2D eigenvalue weighted by Gasteiger charge is 2.30. The molecule has 16 heteroatoms. The van der Waals surface area contributed by atoms with Crippen LogP contribution in [0, 0.1) is 0 Å². The molecule has 0 spiro atoms. The van der Waals surface area contributed by atoms with Crippen LogP contribution in [0.15, 0.2) is 200 Å². The lowest BCUT2D eigenvalue weighted by atomic mass is 9.87. The largest absolute Gasteiger partial charge is 0.507 e. The van der Waals surface area contributed by atoms with Crippen molar-refractivity contribution in [3.05, 3.63) is 262 Å². The Labute approximate surface area is 496 Å². The summed E-state index contributed by atoms with van der Waals surface area (Å²) >= 11 is 0. The van der Waals surface area contributed by atoms with Gasteiger partial charge in [-0.25, -0.2) is 15.0 Å². The summed E-state index contributed by atoms with van der Waals surface area (Å²) in [6.45, 7) is 6.69. The van der Waals surface area contributed by atoms with Gasteiger partial charge in [0.2, 0.25) is 5.91 Å². The first-order valence-corrected chi connectivity index (χ1v) is 27.5. The number of hydrogen-bond acceptors (Lipinski definition) is 6. The Morgan fingerprint density at radius 3 is 1.20 bits per heavy atom. The van der Waals surface area contributed by atoms with E-state index in [9.17, 15) is 41.4 Å². The van der Waals surface area contributed by atoms with Crippen LogP contribution in [0.1, 0.15) is 87.5 Å². The maximum Gasteiger partial charge on any atom is 0.416 e. The number of aromatic hydroxyl groups is 1. The Kier molecular flexibility index (Phi) is 17.3. The molecule has 436 valence electrons. The predicted molar refractivity (Wildman–Crippen MR) is 336 cm³/mol. The van der Waals surface area contributed by atoms with Crippen molar-refractivity contribution in [1.82, 2.24) is 29.9 Å². The fraction of sp³-hybridized carbons (Fsp3) is 0.0986. The Morgan fingerprint density at radius 1 is 0.448 bits per heavy atom. The predicted octanol–water partition coefficient (Wildman–Crippen LogP) is 17.8. The van der Waals surface area contributed by atoms with Gasteiger partial charge in [-0.15, -0.1) is 0 Å². The zero-order chi connectivity index (χ0) is 61.5. The Morgan fingerprint density at radius 2 is 0.805 bits per heavy atom. The number of aliphatic hydroxyl groups is 1. The molecule has 12 aromatic rings. The molecule has 0 fully saturated rings. The number of aromatic amines is 3. The van der Waals surface area contributed by atoms with Gasteiger partial charge in [-0.05, 0) is 152 Å². The number of rotatable bonds is 11. The van der Waals surface area contributed by atoms with Crippen molar-refractivity contribution in [3.8, 4) is 39.1 Å². The number of amides is 1. The van der Waals surface area contributed by atoms with Gasteiger partial charge < -0.3 is 30.9 Å². The molecule has 1 amide bonds. The Balaban J connectivity index is 0.000000145. The Hall–Kier alpha value is -10.6. The van der Waals surface area contributed by atoms with Crippen molar-refractivity contribution < 1.29 is 41.4 Å². The molecule has 0 unspecified atom stereocenters. The number of nitrogens with zero attached hydrogens (tertiary/aromatic N) is 3. The number of aliphatic hydroxyl groups excluding tert-OH is 1. The summed E-state index contributed by atoms with van der Waals surface area (Å²) in [7, 11) is 0. The lowest BCUT2D eigenvalue weighted by molar-refractivity contribution is -0.138. The van der Waals surface area contributed by atoms with E-state index in [0.29, 0.717) is 28.3 Å². The first kappa shape index (κ1) is 59.6. The molecular formula is C71H57F6N7O3. The van der Waals surface area contributed by atoms with Gasteiger partial charge in [0.1, 0.15) is 23.2 Å². The molecule has 0 atom stereocenters. The summed E-state index contributed by atoms with van der Waals surface area (Å²) in [6.07, 6.45) is 2.17. The molecule has 87 heavy (non-hydrogen) atoms. The SMILES string of the molecule is CC(C)(C)c1ccc(/C=C/c2nc3ccc(-c4ccccc4CO)cc3[nH]2)cc1.NC(=O)c1ccccc1-c1ccc2nc(/C=C/c3ccc(C(F)(F)F)cc3)[nH]c2c1.Oc1ccccc1-c1ccc2nc(/C=C/c3ccc(C(F)(F)F)cc3)[nH]c2c1. The molecule has 0 aliphatic heterocycles. The van der Waals surface area contributed by atoms with E-state index in [0.717, 1.165) is 108 Å². The third-order valence-electron chi connectivity index (χ3n) is 14.3. The molecule has 3 heterocycles. The molecular weight excluding hydrogens is 1110 g/mol. The van der Waals surface area contributed by atoms with E-state index in [-0.39, 0.29) is 17.8 Å². The van der Waals surface area contributed by atoms with Gasteiger partial charge >= 0.3 is 12.4 Å². The van der Waals surface area contributed by atoms with E-state index in [1.165, 1.54) is 29.8 Å². The summed E-state index contributed by atoms with van der Waals surface area (Å²) in [6, 6.07) is 57.9. The van der Waals surface area contributed by atoms with E-state index in [2.05, 4.69) is 93.1 Å². The normalized spacial score (nSPS) is 12.1. The number of phenols is 1. The minimum atomic E-state index is -4.36. The molecule has 7 N–H and O–H groups in total. The average molecular weight is 1170 g/mol. The summed E-state index contributed by atoms with van der Waals surface area (Å²) in [5.41, 5.74) is 19.5. The van der Waals surface area contributed by atoms with Crippen LogP contribution in [0.5, 0.6) is 5.75 Å². The number of carbonyl (C=O) groups is 1. The van der Waals surface area contributed by atoms with Gasteiger partial charge in [-0.3, -0.25) is 4.79 Å². The van der Waals surface area contributed by atoms with Crippen LogP contribution in [0.2, 0.25) is 0 Å². The first-order valence-electron chi connectivity index (χ1n) is 27.5. The van der Waals surface area contributed by atoms with E-state index in [4.69, 9.17) is 5.73 Å². The number of H-pyrrole nitrogens is 3. The van der Waals surface area contributed by atoms with Gasteiger partial charge in [0.05, 0.1) is 50.8 Å². The molecule has 9 aromatic carbocycles. The van der Waals surface area contributed by atoms with Crippen molar-refractivity contribution in [2.45, 2.75) is 45.1 Å². The van der Waals surface area contributed by atoms with Gasteiger partial charge in [0.25, 0.3) is 0 Å². The third kappa shape index (κ3) is 14.7. The number of primary amides is 1. The standard InChI is InChI=1S/C26H26N2O.C23H16F3N3O.C22H15F3N2O/c1-26(2,3)21-12-8-18(9-13-21)10-15-25-27-23-14-11-19(16-24(23)28-25)22-7-5-4-6-20(22)17-29;24-23(25,26)16-9-5-14(6-10-16)7-12-21-28-19-11-8-15(13-20(19)29-21)17-3-1-2-4-18(17)22(27)30;23-22(24,25)16-9-5-14(6-10-16)7-12-21-26-18-11-8-15(13-19(18)27-21)17-3-1-2-4-20(17)28/h4-16,29H,17H2,1-3H3,(H,27,28);1-13H,(H2,27,30)(H,28,29);1-13,28H,(H,26,27)/b15-10+;2*12-7+. The van der Waals surface area contributed by atoms with Crippen LogP contribution in [-0.2, 0) is 24.4 Å². The van der Waals surface area contributed by atoms with E-state index >= 15 is 0 Å². The number of aromatic nitrogens is 6. The molecule has 0 saturated heterocycles. The van der Waals surface area contributed by atoms with Crippen LogP contribution >= 0.6 is 0 Å².